The number of para-hydroxylation sites is 1. The van der Waals surface area contributed by atoms with Crippen molar-refractivity contribution in [2.45, 2.75) is 62.0 Å². The number of anilines is 2. The third-order valence-corrected chi connectivity index (χ3v) is 7.21. The second-order valence-corrected chi connectivity index (χ2v) is 9.86. The number of nitrogens with zero attached hydrogens (tertiary/aromatic N) is 4. The lowest BCUT2D eigenvalue weighted by Crippen LogP contribution is -2.24. The second kappa shape index (κ2) is 11.8. The average Bonchev–Trinajstić information content (AvgIpc) is 3.30. The summed E-state index contributed by atoms with van der Waals surface area (Å²) in [6.07, 6.45) is 5.75. The van der Waals surface area contributed by atoms with Gasteiger partial charge in [0.15, 0.2) is 11.0 Å². The fourth-order valence-corrected chi connectivity index (χ4v) is 5.20. The molecule has 0 aliphatic heterocycles. The van der Waals surface area contributed by atoms with Crippen LogP contribution in [0.25, 0.3) is 0 Å². The van der Waals surface area contributed by atoms with Gasteiger partial charge in [0.2, 0.25) is 5.91 Å². The quantitative estimate of drug-likeness (QED) is 0.387. The predicted molar refractivity (Wildman–Crippen MR) is 138 cm³/mol. The molecule has 1 aliphatic carbocycles. The fraction of sp³-hybridized carbons (Fsp3) is 0.385. The zero-order valence-electron chi connectivity index (χ0n) is 20.0. The van der Waals surface area contributed by atoms with Gasteiger partial charge in [-0.05, 0) is 44.0 Å². The van der Waals surface area contributed by atoms with Crippen LogP contribution >= 0.6 is 11.8 Å². The fourth-order valence-electron chi connectivity index (χ4n) is 4.26. The Morgan fingerprint density at radius 3 is 2.77 bits per heavy atom. The zero-order chi connectivity index (χ0) is 24.6. The maximum atomic E-state index is 12.9. The summed E-state index contributed by atoms with van der Waals surface area (Å²) in [6.45, 7) is 2.37. The summed E-state index contributed by atoms with van der Waals surface area (Å²) in [6, 6.07) is 17.2. The SMILES string of the molecule is COc1cccc(NCc2nnc(SC(C)C(=O)Nc3ccccc3C#N)n2C2CCCCC2)c1. The van der Waals surface area contributed by atoms with Gasteiger partial charge in [-0.2, -0.15) is 5.26 Å². The molecule has 1 aliphatic rings. The molecule has 2 N–H and O–H groups in total. The first-order valence-electron chi connectivity index (χ1n) is 11.9. The molecular weight excluding hydrogens is 460 g/mol. The number of hydrogen-bond acceptors (Lipinski definition) is 7. The van der Waals surface area contributed by atoms with Crippen LogP contribution in [-0.2, 0) is 11.3 Å². The van der Waals surface area contributed by atoms with E-state index in [0.717, 1.165) is 35.3 Å². The first-order chi connectivity index (χ1) is 17.1. The van der Waals surface area contributed by atoms with Crippen LogP contribution in [0.15, 0.2) is 53.7 Å². The molecular formula is C26H30N6O2S. The summed E-state index contributed by atoms with van der Waals surface area (Å²) in [4.78, 5) is 12.9. The third-order valence-electron chi connectivity index (χ3n) is 6.15. The molecule has 1 saturated carbocycles. The molecule has 9 heteroatoms. The number of hydrogen-bond donors (Lipinski definition) is 2. The van der Waals surface area contributed by atoms with Crippen LogP contribution in [0.1, 0.15) is 56.5 Å². The van der Waals surface area contributed by atoms with Crippen LogP contribution < -0.4 is 15.4 Å². The summed E-state index contributed by atoms with van der Waals surface area (Å²) >= 11 is 1.40. The number of carbonyl (C=O) groups is 1. The van der Waals surface area contributed by atoms with E-state index in [4.69, 9.17) is 4.74 Å². The average molecular weight is 491 g/mol. The normalized spacial score (nSPS) is 14.7. The molecule has 8 nitrogen and oxygen atoms in total. The van der Waals surface area contributed by atoms with Crippen LogP contribution in [0.5, 0.6) is 5.75 Å². The highest BCUT2D eigenvalue weighted by molar-refractivity contribution is 8.00. The molecule has 3 aromatic rings. The molecule has 2 aromatic carbocycles. The van der Waals surface area contributed by atoms with Crippen molar-refractivity contribution in [2.75, 3.05) is 17.7 Å². The molecule has 4 rings (SSSR count). The van der Waals surface area contributed by atoms with Gasteiger partial charge in [0.1, 0.15) is 11.8 Å². The van der Waals surface area contributed by atoms with Gasteiger partial charge < -0.3 is 19.9 Å². The molecule has 0 saturated heterocycles. The van der Waals surface area contributed by atoms with E-state index in [1.807, 2.05) is 31.2 Å². The molecule has 1 fully saturated rings. The van der Waals surface area contributed by atoms with Gasteiger partial charge in [0.05, 0.1) is 30.2 Å². The molecule has 0 spiro atoms. The Labute approximate surface area is 210 Å². The smallest absolute Gasteiger partial charge is 0.237 e. The molecule has 35 heavy (non-hydrogen) atoms. The van der Waals surface area contributed by atoms with Gasteiger partial charge in [-0.15, -0.1) is 10.2 Å². The van der Waals surface area contributed by atoms with E-state index in [-0.39, 0.29) is 5.91 Å². The summed E-state index contributed by atoms with van der Waals surface area (Å²) in [5.74, 6) is 1.47. The number of ether oxygens (including phenoxy) is 1. The summed E-state index contributed by atoms with van der Waals surface area (Å²) in [7, 11) is 1.65. The Balaban J connectivity index is 1.50. The van der Waals surface area contributed by atoms with E-state index in [0.29, 0.717) is 23.8 Å². The van der Waals surface area contributed by atoms with Crippen molar-refractivity contribution in [3.05, 3.63) is 59.9 Å². The number of nitrogens with one attached hydrogen (secondary N) is 2. The van der Waals surface area contributed by atoms with Crippen LogP contribution in [0.2, 0.25) is 0 Å². The van der Waals surface area contributed by atoms with E-state index in [1.165, 1.54) is 31.0 Å². The zero-order valence-corrected chi connectivity index (χ0v) is 20.8. The maximum absolute atomic E-state index is 12.9. The Morgan fingerprint density at radius 1 is 1.20 bits per heavy atom. The number of nitriles is 1. The molecule has 0 radical (unpaired) electrons. The monoisotopic (exact) mass is 490 g/mol. The van der Waals surface area contributed by atoms with Gasteiger partial charge in [-0.25, -0.2) is 0 Å². The minimum atomic E-state index is -0.410. The predicted octanol–water partition coefficient (Wildman–Crippen LogP) is 5.39. The lowest BCUT2D eigenvalue weighted by Gasteiger charge is -2.26. The van der Waals surface area contributed by atoms with Crippen molar-refractivity contribution in [3.8, 4) is 11.8 Å². The van der Waals surface area contributed by atoms with Crippen LogP contribution in [0.4, 0.5) is 11.4 Å². The number of amides is 1. The molecule has 1 amide bonds. The van der Waals surface area contributed by atoms with Crippen molar-refractivity contribution in [3.63, 3.8) is 0 Å². The van der Waals surface area contributed by atoms with E-state index in [2.05, 4.69) is 31.5 Å². The minimum absolute atomic E-state index is 0.174. The first kappa shape index (κ1) is 24.6. The highest BCUT2D eigenvalue weighted by Crippen LogP contribution is 2.34. The highest BCUT2D eigenvalue weighted by atomic mass is 32.2. The van der Waals surface area contributed by atoms with E-state index in [9.17, 15) is 10.1 Å². The van der Waals surface area contributed by atoms with Crippen molar-refractivity contribution in [1.29, 1.82) is 5.26 Å². The number of thioether (sulfide) groups is 1. The molecule has 182 valence electrons. The third kappa shape index (κ3) is 6.14. The van der Waals surface area contributed by atoms with Crippen molar-refractivity contribution in [2.24, 2.45) is 0 Å². The molecule has 0 bridgehead atoms. The lowest BCUT2D eigenvalue weighted by atomic mass is 9.95. The number of carbonyl (C=O) groups excluding carboxylic acids is 1. The van der Waals surface area contributed by atoms with Crippen LogP contribution in [0, 0.1) is 11.3 Å². The van der Waals surface area contributed by atoms with Crippen molar-refractivity contribution < 1.29 is 9.53 Å². The van der Waals surface area contributed by atoms with Gasteiger partial charge >= 0.3 is 0 Å². The van der Waals surface area contributed by atoms with Crippen molar-refractivity contribution >= 4 is 29.0 Å². The van der Waals surface area contributed by atoms with Gasteiger partial charge in [0.25, 0.3) is 0 Å². The Morgan fingerprint density at radius 2 is 2.00 bits per heavy atom. The maximum Gasteiger partial charge on any atom is 0.237 e. The van der Waals surface area contributed by atoms with E-state index >= 15 is 0 Å². The number of methoxy groups -OCH3 is 1. The molecule has 1 atom stereocenters. The van der Waals surface area contributed by atoms with Gasteiger partial charge in [0, 0.05) is 17.8 Å². The Bertz CT molecular complexity index is 1200. The lowest BCUT2D eigenvalue weighted by molar-refractivity contribution is -0.115. The summed E-state index contributed by atoms with van der Waals surface area (Å²) < 4.78 is 7.53. The van der Waals surface area contributed by atoms with Crippen LogP contribution in [0.3, 0.4) is 0 Å². The Hall–Kier alpha value is -3.51. The number of aromatic nitrogens is 3. The molecule has 1 unspecified atom stereocenters. The minimum Gasteiger partial charge on any atom is -0.497 e. The Kier molecular flexibility index (Phi) is 8.27. The van der Waals surface area contributed by atoms with Gasteiger partial charge in [-0.1, -0.05) is 49.2 Å². The summed E-state index contributed by atoms with van der Waals surface area (Å²) in [5, 5.41) is 24.9. The number of rotatable bonds is 9. The summed E-state index contributed by atoms with van der Waals surface area (Å²) in [5.41, 5.74) is 1.90. The van der Waals surface area contributed by atoms with Crippen LogP contribution in [-0.4, -0.2) is 33.0 Å². The highest BCUT2D eigenvalue weighted by Gasteiger charge is 2.26. The molecule has 1 heterocycles. The van der Waals surface area contributed by atoms with E-state index in [1.54, 1.807) is 31.4 Å². The first-order valence-corrected chi connectivity index (χ1v) is 12.8. The van der Waals surface area contributed by atoms with Crippen molar-refractivity contribution in [1.82, 2.24) is 14.8 Å². The van der Waals surface area contributed by atoms with E-state index < -0.39 is 5.25 Å². The molecule has 1 aromatic heterocycles. The topological polar surface area (TPSA) is 105 Å². The van der Waals surface area contributed by atoms with Gasteiger partial charge in [-0.3, -0.25) is 4.79 Å². The standard InChI is InChI=1S/C26H30N6O2S/c1-18(25(33)29-23-14-7-6-9-19(23)16-27)35-26-31-30-24(32(26)21-11-4-3-5-12-21)17-28-20-10-8-13-22(15-20)34-2/h6-10,13-15,18,21,28H,3-5,11-12,17H2,1-2H3,(H,29,33). The number of benzene rings is 2. The second-order valence-electron chi connectivity index (χ2n) is 8.55. The largest absolute Gasteiger partial charge is 0.497 e.